The third kappa shape index (κ3) is 4.33. The first-order chi connectivity index (χ1) is 9.35. The molecule has 5 heteroatoms. The molecule has 0 aromatic carbocycles. The van der Waals surface area contributed by atoms with E-state index in [0.717, 1.165) is 49.1 Å². The number of likely N-dealkylation sites (N-methyl/N-ethyl adjacent to an activating group) is 1. The molecule has 0 atom stereocenters. The van der Waals surface area contributed by atoms with Crippen LogP contribution in [0.1, 0.15) is 26.3 Å². The van der Waals surface area contributed by atoms with Crippen LogP contribution in [0.2, 0.25) is 5.02 Å². The van der Waals surface area contributed by atoms with E-state index in [4.69, 9.17) is 11.6 Å². The second kappa shape index (κ2) is 6.29. The first-order valence-electron chi connectivity index (χ1n) is 7.18. The topological polar surface area (TPSA) is 31.4 Å². The minimum absolute atomic E-state index is 0.0998. The van der Waals surface area contributed by atoms with Gasteiger partial charge in [0.25, 0.3) is 0 Å². The molecule has 1 aromatic heterocycles. The maximum Gasteiger partial charge on any atom is 0.147 e. The lowest BCUT2D eigenvalue weighted by atomic mass is 10.1. The van der Waals surface area contributed by atoms with E-state index in [2.05, 4.69) is 47.9 Å². The molecule has 1 aliphatic heterocycles. The van der Waals surface area contributed by atoms with E-state index >= 15 is 0 Å². The van der Waals surface area contributed by atoms with Gasteiger partial charge in [0.2, 0.25) is 0 Å². The number of anilines is 1. The fourth-order valence-electron chi connectivity index (χ4n) is 2.19. The minimum Gasteiger partial charge on any atom is -0.353 e. The van der Waals surface area contributed by atoms with Gasteiger partial charge in [0.05, 0.1) is 5.02 Å². The van der Waals surface area contributed by atoms with Gasteiger partial charge in [0.1, 0.15) is 5.82 Å². The van der Waals surface area contributed by atoms with E-state index in [1.807, 2.05) is 12.3 Å². The fourth-order valence-corrected chi connectivity index (χ4v) is 2.49. The molecule has 0 bridgehead atoms. The van der Waals surface area contributed by atoms with Crippen LogP contribution in [0.3, 0.4) is 0 Å². The van der Waals surface area contributed by atoms with Gasteiger partial charge in [0, 0.05) is 44.5 Å². The molecule has 2 heterocycles. The summed E-state index contributed by atoms with van der Waals surface area (Å²) >= 11 is 6.40. The van der Waals surface area contributed by atoms with Gasteiger partial charge in [0.15, 0.2) is 0 Å². The normalized spacial score (nSPS) is 17.6. The third-order valence-electron chi connectivity index (χ3n) is 3.50. The van der Waals surface area contributed by atoms with Crippen molar-refractivity contribution < 1.29 is 0 Å². The predicted molar refractivity (Wildman–Crippen MR) is 85.5 cm³/mol. The molecule has 112 valence electrons. The van der Waals surface area contributed by atoms with Crippen LogP contribution < -0.4 is 10.2 Å². The van der Waals surface area contributed by atoms with Gasteiger partial charge < -0.3 is 15.1 Å². The number of piperazine rings is 1. The van der Waals surface area contributed by atoms with Crippen molar-refractivity contribution in [3.63, 3.8) is 0 Å². The first-order valence-corrected chi connectivity index (χ1v) is 7.56. The fraction of sp³-hybridized carbons (Fsp3) is 0.667. The van der Waals surface area contributed by atoms with Crippen molar-refractivity contribution in [2.75, 3.05) is 38.1 Å². The number of hydrogen-bond donors (Lipinski definition) is 1. The average molecular weight is 297 g/mol. The molecule has 0 spiro atoms. The standard InChI is InChI=1S/C15H25ClN4/c1-15(2,3)18-11-12-9-13(16)14(17-10-12)20-7-5-19(4)6-8-20/h9-10,18H,5-8,11H2,1-4H3. The van der Waals surface area contributed by atoms with Crippen LogP contribution in [0.25, 0.3) is 0 Å². The number of nitrogens with zero attached hydrogens (tertiary/aromatic N) is 3. The van der Waals surface area contributed by atoms with E-state index in [-0.39, 0.29) is 5.54 Å². The molecule has 4 nitrogen and oxygen atoms in total. The molecule has 20 heavy (non-hydrogen) atoms. The number of nitrogens with one attached hydrogen (secondary N) is 1. The molecule has 1 aliphatic rings. The Kier molecular flexibility index (Phi) is 4.89. The highest BCUT2D eigenvalue weighted by molar-refractivity contribution is 6.33. The van der Waals surface area contributed by atoms with Crippen LogP contribution in [0.4, 0.5) is 5.82 Å². The largest absolute Gasteiger partial charge is 0.353 e. The lowest BCUT2D eigenvalue weighted by molar-refractivity contribution is 0.312. The molecule has 0 unspecified atom stereocenters. The molecule has 1 fully saturated rings. The van der Waals surface area contributed by atoms with Crippen LogP contribution in [-0.2, 0) is 6.54 Å². The Balaban J connectivity index is 2.02. The van der Waals surface area contributed by atoms with Crippen LogP contribution in [-0.4, -0.2) is 48.6 Å². The Morgan fingerprint density at radius 2 is 1.90 bits per heavy atom. The molecule has 0 saturated carbocycles. The molecule has 1 aromatic rings. The van der Waals surface area contributed by atoms with Crippen molar-refractivity contribution in [3.05, 3.63) is 22.8 Å². The van der Waals surface area contributed by atoms with Crippen molar-refractivity contribution >= 4 is 17.4 Å². The smallest absolute Gasteiger partial charge is 0.147 e. The van der Waals surface area contributed by atoms with E-state index in [1.165, 1.54) is 0 Å². The van der Waals surface area contributed by atoms with E-state index in [9.17, 15) is 0 Å². The molecule has 0 radical (unpaired) electrons. The SMILES string of the molecule is CN1CCN(c2ncc(CNC(C)(C)C)cc2Cl)CC1. The summed E-state index contributed by atoms with van der Waals surface area (Å²) < 4.78 is 0. The Morgan fingerprint density at radius 3 is 2.45 bits per heavy atom. The third-order valence-corrected chi connectivity index (χ3v) is 3.78. The maximum absolute atomic E-state index is 6.40. The van der Waals surface area contributed by atoms with Crippen LogP contribution >= 0.6 is 11.6 Å². The van der Waals surface area contributed by atoms with Crippen molar-refractivity contribution in [1.82, 2.24) is 15.2 Å². The summed E-state index contributed by atoms with van der Waals surface area (Å²) in [5.74, 6) is 0.916. The average Bonchev–Trinajstić information content (AvgIpc) is 2.37. The number of pyridine rings is 1. The van der Waals surface area contributed by atoms with Crippen molar-refractivity contribution in [2.24, 2.45) is 0 Å². The summed E-state index contributed by atoms with van der Waals surface area (Å²) in [6.45, 7) is 11.4. The molecular formula is C15H25ClN4. The maximum atomic E-state index is 6.40. The summed E-state index contributed by atoms with van der Waals surface area (Å²) in [6.07, 6.45) is 1.93. The summed E-state index contributed by atoms with van der Waals surface area (Å²) in [6, 6.07) is 2.03. The van der Waals surface area contributed by atoms with Crippen LogP contribution in [0, 0.1) is 0 Å². The summed E-state index contributed by atoms with van der Waals surface area (Å²) in [5.41, 5.74) is 1.23. The number of halogens is 1. The zero-order valence-corrected chi connectivity index (χ0v) is 13.7. The molecule has 1 saturated heterocycles. The summed E-state index contributed by atoms with van der Waals surface area (Å²) in [5, 5.41) is 4.20. The zero-order chi connectivity index (χ0) is 14.8. The summed E-state index contributed by atoms with van der Waals surface area (Å²) in [7, 11) is 2.15. The lowest BCUT2D eigenvalue weighted by Gasteiger charge is -2.33. The van der Waals surface area contributed by atoms with Gasteiger partial charge >= 0.3 is 0 Å². The molecule has 0 amide bonds. The predicted octanol–water partition coefficient (Wildman–Crippen LogP) is 2.37. The van der Waals surface area contributed by atoms with E-state index < -0.39 is 0 Å². The lowest BCUT2D eigenvalue weighted by Crippen LogP contribution is -2.45. The van der Waals surface area contributed by atoms with Crippen molar-refractivity contribution in [2.45, 2.75) is 32.9 Å². The van der Waals surface area contributed by atoms with Crippen molar-refractivity contribution in [3.8, 4) is 0 Å². The zero-order valence-electron chi connectivity index (χ0n) is 12.9. The minimum atomic E-state index is 0.0998. The van der Waals surface area contributed by atoms with Gasteiger partial charge in [-0.05, 0) is 39.4 Å². The van der Waals surface area contributed by atoms with Gasteiger partial charge in [-0.2, -0.15) is 0 Å². The van der Waals surface area contributed by atoms with E-state index in [1.54, 1.807) is 0 Å². The quantitative estimate of drug-likeness (QED) is 0.928. The summed E-state index contributed by atoms with van der Waals surface area (Å²) in [4.78, 5) is 9.16. The molecular weight excluding hydrogens is 272 g/mol. The Bertz CT molecular complexity index is 448. The Hall–Kier alpha value is -0.840. The molecule has 1 N–H and O–H groups in total. The highest BCUT2D eigenvalue weighted by Crippen LogP contribution is 2.25. The molecule has 2 rings (SSSR count). The highest BCUT2D eigenvalue weighted by Gasteiger charge is 2.18. The van der Waals surface area contributed by atoms with Gasteiger partial charge in [-0.25, -0.2) is 4.98 Å². The first kappa shape index (κ1) is 15.5. The number of aromatic nitrogens is 1. The monoisotopic (exact) mass is 296 g/mol. The van der Waals surface area contributed by atoms with Gasteiger partial charge in [-0.3, -0.25) is 0 Å². The molecule has 0 aliphatic carbocycles. The second-order valence-electron chi connectivity index (χ2n) is 6.54. The second-order valence-corrected chi connectivity index (χ2v) is 6.95. The number of rotatable bonds is 3. The number of hydrogen-bond acceptors (Lipinski definition) is 4. The van der Waals surface area contributed by atoms with E-state index in [0.29, 0.717) is 0 Å². The Labute approximate surface area is 127 Å². The van der Waals surface area contributed by atoms with Gasteiger partial charge in [-0.1, -0.05) is 11.6 Å². The van der Waals surface area contributed by atoms with Crippen molar-refractivity contribution in [1.29, 1.82) is 0 Å². The van der Waals surface area contributed by atoms with Crippen LogP contribution in [0.15, 0.2) is 12.3 Å². The Morgan fingerprint density at radius 1 is 1.25 bits per heavy atom. The van der Waals surface area contributed by atoms with Gasteiger partial charge in [-0.15, -0.1) is 0 Å². The van der Waals surface area contributed by atoms with Crippen LogP contribution in [0.5, 0.6) is 0 Å². The highest BCUT2D eigenvalue weighted by atomic mass is 35.5.